The molecule has 2 N–H and O–H groups in total. The molecule has 0 atom stereocenters. The molecule has 18 heavy (non-hydrogen) atoms. The third-order valence-corrected chi connectivity index (χ3v) is 2.79. The van der Waals surface area contributed by atoms with Crippen LogP contribution in [-0.4, -0.2) is 17.1 Å². The van der Waals surface area contributed by atoms with E-state index >= 15 is 0 Å². The van der Waals surface area contributed by atoms with Crippen LogP contribution in [0.2, 0.25) is 0 Å². The summed E-state index contributed by atoms with van der Waals surface area (Å²) in [5.74, 6) is 0.350. The molecule has 0 unspecified atom stereocenters. The van der Waals surface area contributed by atoms with Gasteiger partial charge in [-0.05, 0) is 38.7 Å². The van der Waals surface area contributed by atoms with E-state index in [9.17, 15) is 4.79 Å². The van der Waals surface area contributed by atoms with Gasteiger partial charge in [0.25, 0.3) is 0 Å². The second-order valence-corrected chi connectivity index (χ2v) is 5.33. The van der Waals surface area contributed by atoms with Crippen molar-refractivity contribution in [2.45, 2.75) is 46.6 Å². The number of nitrogens with two attached hydrogens (primary N) is 1. The predicted molar refractivity (Wildman–Crippen MR) is 73.6 cm³/mol. The number of ether oxygens (including phenoxy) is 1. The molecule has 0 bridgehead atoms. The van der Waals surface area contributed by atoms with E-state index in [1.165, 1.54) is 0 Å². The molecule has 0 radical (unpaired) electrons. The standard InChI is InChI=1S/C14H24N2O2/c1-10(2)6-5-7-18-14(17)13-8-12(15)9-16(13)11(3)4/h8-11H,5-7,15H2,1-4H3. The molecule has 0 aliphatic carbocycles. The van der Waals surface area contributed by atoms with Crippen molar-refractivity contribution in [2.24, 2.45) is 5.92 Å². The lowest BCUT2D eigenvalue weighted by atomic mass is 10.1. The van der Waals surface area contributed by atoms with Gasteiger partial charge in [0.2, 0.25) is 0 Å². The maximum atomic E-state index is 11.9. The lowest BCUT2D eigenvalue weighted by Gasteiger charge is -2.12. The number of nitrogen functional groups attached to an aromatic ring is 1. The molecule has 1 heterocycles. The van der Waals surface area contributed by atoms with E-state index in [4.69, 9.17) is 10.5 Å². The van der Waals surface area contributed by atoms with E-state index in [0.717, 1.165) is 12.8 Å². The second-order valence-electron chi connectivity index (χ2n) is 5.33. The number of carbonyl (C=O) groups is 1. The largest absolute Gasteiger partial charge is 0.461 e. The molecule has 1 aromatic heterocycles. The lowest BCUT2D eigenvalue weighted by molar-refractivity contribution is 0.0480. The molecular weight excluding hydrogens is 228 g/mol. The van der Waals surface area contributed by atoms with Crippen LogP contribution in [0.25, 0.3) is 0 Å². The van der Waals surface area contributed by atoms with Crippen LogP contribution in [-0.2, 0) is 4.74 Å². The highest BCUT2D eigenvalue weighted by molar-refractivity contribution is 5.89. The van der Waals surface area contributed by atoms with Gasteiger partial charge in [-0.1, -0.05) is 13.8 Å². The van der Waals surface area contributed by atoms with Crippen LogP contribution in [0.15, 0.2) is 12.3 Å². The first-order chi connectivity index (χ1) is 8.41. The molecule has 0 amide bonds. The average molecular weight is 252 g/mol. The number of rotatable bonds is 6. The Morgan fingerprint density at radius 3 is 2.61 bits per heavy atom. The van der Waals surface area contributed by atoms with Gasteiger partial charge in [-0.25, -0.2) is 4.79 Å². The van der Waals surface area contributed by atoms with Gasteiger partial charge >= 0.3 is 5.97 Å². The molecule has 1 rings (SSSR count). The first kappa shape index (κ1) is 14.6. The van der Waals surface area contributed by atoms with Crippen molar-refractivity contribution in [1.29, 1.82) is 0 Å². The van der Waals surface area contributed by atoms with E-state index in [2.05, 4.69) is 13.8 Å². The Hall–Kier alpha value is -1.45. The molecule has 4 heteroatoms. The normalized spacial score (nSPS) is 11.2. The zero-order chi connectivity index (χ0) is 13.7. The minimum atomic E-state index is -0.288. The summed E-state index contributed by atoms with van der Waals surface area (Å²) in [6, 6.07) is 1.87. The van der Waals surface area contributed by atoms with Gasteiger partial charge in [0.05, 0.1) is 12.3 Å². The van der Waals surface area contributed by atoms with Crippen LogP contribution in [0.4, 0.5) is 5.69 Å². The van der Waals surface area contributed by atoms with Gasteiger partial charge in [0.15, 0.2) is 0 Å². The Labute approximate surface area is 109 Å². The monoisotopic (exact) mass is 252 g/mol. The third-order valence-electron chi connectivity index (χ3n) is 2.79. The van der Waals surface area contributed by atoms with Crippen molar-refractivity contribution in [3.63, 3.8) is 0 Å². The predicted octanol–water partition coefficient (Wildman–Crippen LogP) is 3.24. The van der Waals surface area contributed by atoms with Crippen molar-refractivity contribution in [3.05, 3.63) is 18.0 Å². The number of nitrogens with zero attached hydrogens (tertiary/aromatic N) is 1. The van der Waals surface area contributed by atoms with Gasteiger partial charge in [0, 0.05) is 12.2 Å². The number of aromatic nitrogens is 1. The summed E-state index contributed by atoms with van der Waals surface area (Å²) < 4.78 is 7.11. The Kier molecular flexibility index (Phi) is 5.25. The number of esters is 1. The van der Waals surface area contributed by atoms with Crippen LogP contribution in [0.3, 0.4) is 0 Å². The molecule has 4 nitrogen and oxygen atoms in total. The molecule has 0 spiro atoms. The van der Waals surface area contributed by atoms with Crippen LogP contribution in [0.5, 0.6) is 0 Å². The van der Waals surface area contributed by atoms with E-state index in [0.29, 0.717) is 23.9 Å². The van der Waals surface area contributed by atoms with Crippen LogP contribution in [0, 0.1) is 5.92 Å². The minimum absolute atomic E-state index is 0.195. The maximum absolute atomic E-state index is 11.9. The molecule has 0 aliphatic rings. The minimum Gasteiger partial charge on any atom is -0.461 e. The van der Waals surface area contributed by atoms with Crippen molar-refractivity contribution in [1.82, 2.24) is 4.57 Å². The SMILES string of the molecule is CC(C)CCCOC(=O)c1cc(N)cn1C(C)C. The summed E-state index contributed by atoms with van der Waals surface area (Å²) in [6.45, 7) is 8.81. The number of carbonyl (C=O) groups excluding carboxylic acids is 1. The first-order valence-corrected chi connectivity index (χ1v) is 6.56. The second kappa shape index (κ2) is 6.47. The first-order valence-electron chi connectivity index (χ1n) is 6.56. The summed E-state index contributed by atoms with van der Waals surface area (Å²) in [7, 11) is 0. The third kappa shape index (κ3) is 4.09. The molecule has 0 saturated heterocycles. The summed E-state index contributed by atoms with van der Waals surface area (Å²) in [5.41, 5.74) is 6.85. The van der Waals surface area contributed by atoms with Gasteiger partial charge in [-0.3, -0.25) is 0 Å². The highest BCUT2D eigenvalue weighted by Gasteiger charge is 2.15. The summed E-state index contributed by atoms with van der Waals surface area (Å²) in [5, 5.41) is 0. The highest BCUT2D eigenvalue weighted by atomic mass is 16.5. The fourth-order valence-corrected chi connectivity index (χ4v) is 1.82. The average Bonchev–Trinajstić information content (AvgIpc) is 2.66. The molecular formula is C14H24N2O2. The van der Waals surface area contributed by atoms with Crippen molar-refractivity contribution in [2.75, 3.05) is 12.3 Å². The quantitative estimate of drug-likeness (QED) is 0.624. The lowest BCUT2D eigenvalue weighted by Crippen LogP contribution is -2.14. The van der Waals surface area contributed by atoms with Crippen LogP contribution >= 0.6 is 0 Å². The van der Waals surface area contributed by atoms with Crippen molar-refractivity contribution < 1.29 is 9.53 Å². The van der Waals surface area contributed by atoms with Gasteiger partial charge < -0.3 is 15.0 Å². The Bertz CT molecular complexity index is 394. The summed E-state index contributed by atoms with van der Waals surface area (Å²) >= 11 is 0. The topological polar surface area (TPSA) is 57.2 Å². The van der Waals surface area contributed by atoms with Crippen LogP contribution in [0.1, 0.15) is 57.1 Å². The Balaban J connectivity index is 2.56. The van der Waals surface area contributed by atoms with E-state index in [1.807, 2.05) is 18.4 Å². The number of hydrogen-bond donors (Lipinski definition) is 1. The number of anilines is 1. The van der Waals surface area contributed by atoms with E-state index in [-0.39, 0.29) is 12.0 Å². The number of hydrogen-bond acceptors (Lipinski definition) is 3. The van der Waals surface area contributed by atoms with Gasteiger partial charge in [0.1, 0.15) is 5.69 Å². The molecule has 0 fully saturated rings. The zero-order valence-electron chi connectivity index (χ0n) is 11.8. The van der Waals surface area contributed by atoms with Gasteiger partial charge in [-0.15, -0.1) is 0 Å². The smallest absolute Gasteiger partial charge is 0.355 e. The molecule has 0 aromatic carbocycles. The fraction of sp³-hybridized carbons (Fsp3) is 0.643. The van der Waals surface area contributed by atoms with E-state index < -0.39 is 0 Å². The Morgan fingerprint density at radius 1 is 1.39 bits per heavy atom. The summed E-state index contributed by atoms with van der Waals surface area (Å²) in [4.78, 5) is 11.9. The molecule has 0 aliphatic heterocycles. The highest BCUT2D eigenvalue weighted by Crippen LogP contribution is 2.17. The fourth-order valence-electron chi connectivity index (χ4n) is 1.82. The van der Waals surface area contributed by atoms with Crippen molar-refractivity contribution in [3.8, 4) is 0 Å². The van der Waals surface area contributed by atoms with E-state index in [1.54, 1.807) is 12.3 Å². The molecule has 102 valence electrons. The molecule has 1 aromatic rings. The molecule has 0 saturated carbocycles. The Morgan fingerprint density at radius 2 is 2.06 bits per heavy atom. The zero-order valence-corrected chi connectivity index (χ0v) is 11.8. The van der Waals surface area contributed by atoms with Crippen LogP contribution < -0.4 is 5.73 Å². The van der Waals surface area contributed by atoms with Gasteiger partial charge in [-0.2, -0.15) is 0 Å². The maximum Gasteiger partial charge on any atom is 0.355 e. The van der Waals surface area contributed by atoms with Crippen molar-refractivity contribution >= 4 is 11.7 Å². The summed E-state index contributed by atoms with van der Waals surface area (Å²) in [6.07, 6.45) is 3.75.